The zero-order valence-electron chi connectivity index (χ0n) is 14.3. The third-order valence-electron chi connectivity index (χ3n) is 4.54. The smallest absolute Gasteiger partial charge is 0.271 e. The lowest BCUT2D eigenvalue weighted by molar-refractivity contribution is -0.384. The van der Waals surface area contributed by atoms with Crippen molar-refractivity contribution >= 4 is 29.0 Å². The molecule has 0 bridgehead atoms. The standard InChI is InChI=1S/C19H20N2O3S/c1-13-3-6-17(11-14(13)2)25-10-8-19(22)20-9-7-15-4-5-16(21(23)24)12-18(15)20/h3-6,11-12H,7-10H2,1-2H3. The number of fused-ring (bicyclic) bond motifs is 1. The predicted molar refractivity (Wildman–Crippen MR) is 100 cm³/mol. The second-order valence-corrected chi connectivity index (χ2v) is 7.38. The van der Waals surface area contributed by atoms with Crippen molar-refractivity contribution in [1.82, 2.24) is 0 Å². The summed E-state index contributed by atoms with van der Waals surface area (Å²) in [6.07, 6.45) is 1.17. The van der Waals surface area contributed by atoms with E-state index in [0.29, 0.717) is 24.4 Å². The van der Waals surface area contributed by atoms with Crippen LogP contribution < -0.4 is 4.90 Å². The molecule has 0 N–H and O–H groups in total. The van der Waals surface area contributed by atoms with Crippen molar-refractivity contribution < 1.29 is 9.72 Å². The highest BCUT2D eigenvalue weighted by Crippen LogP contribution is 2.32. The third-order valence-corrected chi connectivity index (χ3v) is 5.53. The molecule has 0 aliphatic carbocycles. The maximum Gasteiger partial charge on any atom is 0.271 e. The first-order chi connectivity index (χ1) is 12.0. The Bertz CT molecular complexity index is 835. The first kappa shape index (κ1) is 17.5. The fraction of sp³-hybridized carbons (Fsp3) is 0.316. The number of thioether (sulfide) groups is 1. The number of carbonyl (C=O) groups excluding carboxylic acids is 1. The SMILES string of the molecule is Cc1ccc(SCCC(=O)N2CCc3ccc([N+](=O)[O-])cc32)cc1C. The van der Waals surface area contributed by atoms with Crippen LogP contribution in [0.15, 0.2) is 41.3 Å². The van der Waals surface area contributed by atoms with Crippen molar-refractivity contribution in [2.45, 2.75) is 31.6 Å². The molecule has 1 aliphatic rings. The topological polar surface area (TPSA) is 63.5 Å². The normalized spacial score (nSPS) is 13.0. The summed E-state index contributed by atoms with van der Waals surface area (Å²) in [5.74, 6) is 0.720. The molecule has 0 fully saturated rings. The molecule has 1 amide bonds. The first-order valence-electron chi connectivity index (χ1n) is 8.23. The van der Waals surface area contributed by atoms with Gasteiger partial charge in [0.1, 0.15) is 0 Å². The minimum absolute atomic E-state index is 0.0237. The van der Waals surface area contributed by atoms with E-state index in [4.69, 9.17) is 0 Å². The summed E-state index contributed by atoms with van der Waals surface area (Å²) in [5, 5.41) is 11.0. The first-order valence-corrected chi connectivity index (χ1v) is 9.22. The van der Waals surface area contributed by atoms with Crippen LogP contribution in [-0.2, 0) is 11.2 Å². The predicted octanol–water partition coefficient (Wildman–Crippen LogP) is 4.28. The number of nitro groups is 1. The Hall–Kier alpha value is -2.34. The summed E-state index contributed by atoms with van der Waals surface area (Å²) < 4.78 is 0. The number of anilines is 1. The highest BCUT2D eigenvalue weighted by atomic mass is 32.2. The van der Waals surface area contributed by atoms with E-state index >= 15 is 0 Å². The highest BCUT2D eigenvalue weighted by Gasteiger charge is 2.26. The minimum atomic E-state index is -0.420. The molecule has 1 aliphatic heterocycles. The Balaban J connectivity index is 1.62. The van der Waals surface area contributed by atoms with Crippen molar-refractivity contribution in [2.24, 2.45) is 0 Å². The molecule has 1 heterocycles. The van der Waals surface area contributed by atoms with Gasteiger partial charge in [0.05, 0.1) is 10.6 Å². The van der Waals surface area contributed by atoms with Crippen LogP contribution in [-0.4, -0.2) is 23.1 Å². The number of amides is 1. The van der Waals surface area contributed by atoms with Crippen LogP contribution >= 0.6 is 11.8 Å². The van der Waals surface area contributed by atoms with Crippen LogP contribution in [0.3, 0.4) is 0 Å². The number of benzene rings is 2. The number of non-ortho nitro benzene ring substituents is 1. The maximum atomic E-state index is 12.5. The van der Waals surface area contributed by atoms with Gasteiger partial charge in [-0.15, -0.1) is 11.8 Å². The number of nitrogens with zero attached hydrogens (tertiary/aromatic N) is 2. The van der Waals surface area contributed by atoms with Crippen molar-refractivity contribution in [3.05, 3.63) is 63.2 Å². The monoisotopic (exact) mass is 356 g/mol. The van der Waals surface area contributed by atoms with Crippen molar-refractivity contribution in [3.63, 3.8) is 0 Å². The lowest BCUT2D eigenvalue weighted by Crippen LogP contribution is -2.29. The van der Waals surface area contributed by atoms with Gasteiger partial charge in [-0.05, 0) is 49.1 Å². The summed E-state index contributed by atoms with van der Waals surface area (Å²) in [7, 11) is 0. The van der Waals surface area contributed by atoms with Crippen molar-refractivity contribution in [1.29, 1.82) is 0 Å². The molecule has 0 unspecified atom stereocenters. The Morgan fingerprint density at radius 3 is 2.72 bits per heavy atom. The van der Waals surface area contributed by atoms with Crippen LogP contribution in [0.2, 0.25) is 0 Å². The van der Waals surface area contributed by atoms with Crippen molar-refractivity contribution in [3.8, 4) is 0 Å². The molecule has 0 saturated heterocycles. The summed E-state index contributed by atoms with van der Waals surface area (Å²) in [6.45, 7) is 4.76. The summed E-state index contributed by atoms with van der Waals surface area (Å²) in [6, 6.07) is 11.1. The van der Waals surface area contributed by atoms with Crippen LogP contribution in [0.4, 0.5) is 11.4 Å². The van der Waals surface area contributed by atoms with E-state index < -0.39 is 4.92 Å². The van der Waals surface area contributed by atoms with E-state index in [9.17, 15) is 14.9 Å². The molecule has 6 heteroatoms. The Kier molecular flexibility index (Phi) is 5.08. The van der Waals surface area contributed by atoms with Crippen LogP contribution in [0.1, 0.15) is 23.1 Å². The number of rotatable bonds is 5. The summed E-state index contributed by atoms with van der Waals surface area (Å²) in [4.78, 5) is 25.9. The average Bonchev–Trinajstić information content (AvgIpc) is 3.01. The number of hydrogen-bond donors (Lipinski definition) is 0. The fourth-order valence-electron chi connectivity index (χ4n) is 2.94. The van der Waals surface area contributed by atoms with E-state index in [1.165, 1.54) is 23.3 Å². The van der Waals surface area contributed by atoms with Crippen LogP contribution in [0.25, 0.3) is 0 Å². The van der Waals surface area contributed by atoms with Gasteiger partial charge in [-0.3, -0.25) is 14.9 Å². The second kappa shape index (κ2) is 7.27. The summed E-state index contributed by atoms with van der Waals surface area (Å²) >= 11 is 1.66. The van der Waals surface area contributed by atoms with Crippen molar-refractivity contribution in [2.75, 3.05) is 17.2 Å². The molecule has 2 aromatic carbocycles. The number of carbonyl (C=O) groups is 1. The van der Waals surface area contributed by atoms with E-state index in [1.807, 2.05) is 0 Å². The van der Waals surface area contributed by atoms with E-state index in [-0.39, 0.29) is 11.6 Å². The second-order valence-electron chi connectivity index (χ2n) is 6.21. The Labute approximate surface area is 151 Å². The Morgan fingerprint density at radius 1 is 1.20 bits per heavy atom. The molecule has 5 nitrogen and oxygen atoms in total. The lowest BCUT2D eigenvalue weighted by atomic mass is 10.1. The molecule has 130 valence electrons. The number of nitro benzene ring substituents is 1. The molecule has 3 rings (SSSR count). The third kappa shape index (κ3) is 3.85. The lowest BCUT2D eigenvalue weighted by Gasteiger charge is -2.17. The number of aryl methyl sites for hydroxylation is 2. The van der Waals surface area contributed by atoms with Crippen LogP contribution in [0, 0.1) is 24.0 Å². The molecule has 0 radical (unpaired) electrons. The fourth-order valence-corrected chi connectivity index (χ4v) is 3.87. The zero-order valence-corrected chi connectivity index (χ0v) is 15.1. The highest BCUT2D eigenvalue weighted by molar-refractivity contribution is 7.99. The van der Waals surface area contributed by atoms with Gasteiger partial charge in [0.15, 0.2) is 0 Å². The van der Waals surface area contributed by atoms with Gasteiger partial charge in [-0.2, -0.15) is 0 Å². The van der Waals surface area contributed by atoms with E-state index in [2.05, 4.69) is 32.0 Å². The molecule has 2 aromatic rings. The van der Waals surface area contributed by atoms with E-state index in [1.54, 1.807) is 22.7 Å². The average molecular weight is 356 g/mol. The van der Waals surface area contributed by atoms with Gasteiger partial charge in [0.25, 0.3) is 5.69 Å². The largest absolute Gasteiger partial charge is 0.312 e. The molecule has 0 saturated carbocycles. The summed E-state index contributed by atoms with van der Waals surface area (Å²) in [5.41, 5.74) is 4.23. The molecule has 0 spiro atoms. The quantitative estimate of drug-likeness (QED) is 0.456. The van der Waals surface area contributed by atoms with Gasteiger partial charge in [-0.25, -0.2) is 0 Å². The molecule has 0 aromatic heterocycles. The van der Waals surface area contributed by atoms with Gasteiger partial charge in [0.2, 0.25) is 5.91 Å². The molecular formula is C19H20N2O3S. The van der Waals surface area contributed by atoms with Crippen LogP contribution in [0.5, 0.6) is 0 Å². The minimum Gasteiger partial charge on any atom is -0.312 e. The van der Waals surface area contributed by atoms with Gasteiger partial charge < -0.3 is 4.90 Å². The molecule has 25 heavy (non-hydrogen) atoms. The molecular weight excluding hydrogens is 336 g/mol. The Morgan fingerprint density at radius 2 is 2.00 bits per heavy atom. The van der Waals surface area contributed by atoms with E-state index in [0.717, 1.165) is 16.9 Å². The molecule has 0 atom stereocenters. The van der Waals surface area contributed by atoms with Gasteiger partial charge in [-0.1, -0.05) is 12.1 Å². The van der Waals surface area contributed by atoms with Gasteiger partial charge >= 0.3 is 0 Å². The number of hydrogen-bond acceptors (Lipinski definition) is 4. The van der Waals surface area contributed by atoms with Gasteiger partial charge in [0, 0.05) is 35.7 Å². The zero-order chi connectivity index (χ0) is 18.0. The maximum absolute atomic E-state index is 12.5.